The van der Waals surface area contributed by atoms with Crippen molar-refractivity contribution in [2.45, 2.75) is 11.8 Å². The lowest BCUT2D eigenvalue weighted by molar-refractivity contribution is -0.101. The summed E-state index contributed by atoms with van der Waals surface area (Å²) in [4.78, 5) is 0. The van der Waals surface area contributed by atoms with Crippen molar-refractivity contribution in [3.8, 4) is 11.5 Å². The van der Waals surface area contributed by atoms with Crippen molar-refractivity contribution in [3.05, 3.63) is 23.8 Å². The minimum atomic E-state index is 0.190. The Bertz CT molecular complexity index is 480. The van der Waals surface area contributed by atoms with E-state index in [0.29, 0.717) is 5.92 Å². The van der Waals surface area contributed by atoms with Crippen LogP contribution in [0.2, 0.25) is 0 Å². The van der Waals surface area contributed by atoms with Gasteiger partial charge in [0.15, 0.2) is 11.5 Å². The van der Waals surface area contributed by atoms with Crippen LogP contribution in [0.25, 0.3) is 0 Å². The molecule has 1 aromatic rings. The predicted octanol–water partition coefficient (Wildman–Crippen LogP) is 1.34. The van der Waals surface area contributed by atoms with Crippen molar-refractivity contribution in [2.24, 2.45) is 5.92 Å². The molecule has 2 saturated heterocycles. The zero-order valence-corrected chi connectivity index (χ0v) is 11.0. The van der Waals surface area contributed by atoms with Gasteiger partial charge in [-0.05, 0) is 23.6 Å². The third kappa shape index (κ3) is 1.74. The molecule has 0 saturated carbocycles. The second kappa shape index (κ2) is 4.39. The molecule has 2 fully saturated rings. The van der Waals surface area contributed by atoms with E-state index in [4.69, 9.17) is 14.2 Å². The average molecular weight is 261 g/mol. The van der Waals surface area contributed by atoms with Crippen molar-refractivity contribution >= 4 is 0 Å². The highest BCUT2D eigenvalue weighted by Crippen LogP contribution is 2.44. The monoisotopic (exact) mass is 261 g/mol. The van der Waals surface area contributed by atoms with Crippen LogP contribution in [0.15, 0.2) is 18.2 Å². The Morgan fingerprint density at radius 3 is 2.47 bits per heavy atom. The van der Waals surface area contributed by atoms with Crippen molar-refractivity contribution < 1.29 is 14.2 Å². The first-order valence-electron chi connectivity index (χ1n) is 7.07. The van der Waals surface area contributed by atoms with Crippen LogP contribution in [-0.4, -0.2) is 39.5 Å². The van der Waals surface area contributed by atoms with E-state index < -0.39 is 0 Å². The van der Waals surface area contributed by atoms with Gasteiger partial charge >= 0.3 is 0 Å². The third-order valence-corrected chi connectivity index (χ3v) is 4.60. The molecule has 3 aliphatic rings. The summed E-state index contributed by atoms with van der Waals surface area (Å²) >= 11 is 0. The number of ether oxygens (including phenoxy) is 3. The molecule has 1 aromatic carbocycles. The number of hydrogen-bond donors (Lipinski definition) is 1. The number of hydrogen-bond acceptors (Lipinski definition) is 4. The second-order valence-corrected chi connectivity index (χ2v) is 5.72. The molecule has 0 bridgehead atoms. The summed E-state index contributed by atoms with van der Waals surface area (Å²) in [5.74, 6) is 2.46. The van der Waals surface area contributed by atoms with Gasteiger partial charge in [0.25, 0.3) is 0 Å². The molecule has 0 radical (unpaired) electrons. The lowest BCUT2D eigenvalue weighted by atomic mass is 9.66. The minimum absolute atomic E-state index is 0.190. The highest BCUT2D eigenvalue weighted by atomic mass is 16.5. The summed E-state index contributed by atoms with van der Waals surface area (Å²) in [6.45, 7) is 5.34. The van der Waals surface area contributed by atoms with Gasteiger partial charge in [0, 0.05) is 24.9 Å². The molecule has 0 aliphatic carbocycles. The fourth-order valence-corrected chi connectivity index (χ4v) is 3.11. The SMILES string of the molecule is c1cc2c(cc1C1(C3CNC3)COC1)OCCCO2. The molecule has 4 nitrogen and oxygen atoms in total. The summed E-state index contributed by atoms with van der Waals surface area (Å²) in [6.07, 6.45) is 0.949. The second-order valence-electron chi connectivity index (χ2n) is 5.72. The van der Waals surface area contributed by atoms with Crippen LogP contribution in [0.3, 0.4) is 0 Å². The molecule has 4 rings (SSSR count). The maximum atomic E-state index is 5.80. The molecule has 3 aliphatic heterocycles. The van der Waals surface area contributed by atoms with Gasteiger partial charge in [-0.2, -0.15) is 0 Å². The lowest BCUT2D eigenvalue weighted by Gasteiger charge is -2.51. The van der Waals surface area contributed by atoms with Crippen molar-refractivity contribution in [3.63, 3.8) is 0 Å². The van der Waals surface area contributed by atoms with Crippen LogP contribution < -0.4 is 14.8 Å². The van der Waals surface area contributed by atoms with E-state index in [2.05, 4.69) is 23.5 Å². The first kappa shape index (κ1) is 11.6. The fourth-order valence-electron chi connectivity index (χ4n) is 3.11. The quantitative estimate of drug-likeness (QED) is 0.872. The summed E-state index contributed by atoms with van der Waals surface area (Å²) in [6, 6.07) is 6.41. The topological polar surface area (TPSA) is 39.7 Å². The maximum absolute atomic E-state index is 5.80. The Morgan fingerprint density at radius 1 is 1.05 bits per heavy atom. The van der Waals surface area contributed by atoms with Gasteiger partial charge in [0.05, 0.1) is 26.4 Å². The standard InChI is InChI=1S/C15H19NO3/c1-4-18-13-3-2-11(6-14(13)19-5-1)15(9-17-10-15)12-7-16-8-12/h2-3,6,12,16H,1,4-5,7-10H2. The Morgan fingerprint density at radius 2 is 1.84 bits per heavy atom. The molecule has 102 valence electrons. The number of fused-ring (bicyclic) bond motifs is 1. The van der Waals surface area contributed by atoms with Crippen LogP contribution in [0, 0.1) is 5.92 Å². The summed E-state index contributed by atoms with van der Waals surface area (Å²) < 4.78 is 17.0. The molecule has 3 heterocycles. The predicted molar refractivity (Wildman–Crippen MR) is 70.9 cm³/mol. The molecule has 4 heteroatoms. The maximum Gasteiger partial charge on any atom is 0.161 e. The van der Waals surface area contributed by atoms with Gasteiger partial charge in [0.2, 0.25) is 0 Å². The van der Waals surface area contributed by atoms with Gasteiger partial charge in [-0.1, -0.05) is 6.07 Å². The van der Waals surface area contributed by atoms with E-state index in [1.165, 1.54) is 5.56 Å². The smallest absolute Gasteiger partial charge is 0.161 e. The Hall–Kier alpha value is -1.26. The van der Waals surface area contributed by atoms with E-state index >= 15 is 0 Å². The third-order valence-electron chi connectivity index (χ3n) is 4.60. The van der Waals surface area contributed by atoms with Crippen molar-refractivity contribution in [1.29, 1.82) is 0 Å². The molecule has 1 N–H and O–H groups in total. The van der Waals surface area contributed by atoms with Crippen LogP contribution in [-0.2, 0) is 10.2 Å². The van der Waals surface area contributed by atoms with E-state index in [0.717, 1.165) is 57.4 Å². The van der Waals surface area contributed by atoms with E-state index in [1.807, 2.05) is 0 Å². The van der Waals surface area contributed by atoms with Gasteiger partial charge in [-0.15, -0.1) is 0 Å². The van der Waals surface area contributed by atoms with Crippen LogP contribution in [0.4, 0.5) is 0 Å². The lowest BCUT2D eigenvalue weighted by Crippen LogP contribution is -2.62. The largest absolute Gasteiger partial charge is 0.490 e. The van der Waals surface area contributed by atoms with E-state index in [-0.39, 0.29) is 5.41 Å². The zero-order valence-electron chi connectivity index (χ0n) is 11.0. The Kier molecular flexibility index (Phi) is 2.67. The fraction of sp³-hybridized carbons (Fsp3) is 0.600. The van der Waals surface area contributed by atoms with Crippen LogP contribution >= 0.6 is 0 Å². The van der Waals surface area contributed by atoms with Crippen molar-refractivity contribution in [2.75, 3.05) is 39.5 Å². The zero-order chi connectivity index (χ0) is 12.7. The van der Waals surface area contributed by atoms with Gasteiger partial charge in [0.1, 0.15) is 0 Å². The number of rotatable bonds is 2. The number of benzene rings is 1. The number of nitrogens with one attached hydrogen (secondary N) is 1. The molecule has 0 atom stereocenters. The van der Waals surface area contributed by atoms with Gasteiger partial charge in [-0.25, -0.2) is 0 Å². The molecule has 19 heavy (non-hydrogen) atoms. The summed E-state index contributed by atoms with van der Waals surface area (Å²) in [5.41, 5.74) is 1.53. The van der Waals surface area contributed by atoms with Gasteiger partial charge < -0.3 is 19.5 Å². The molecular weight excluding hydrogens is 242 g/mol. The Labute approximate surface area is 113 Å². The minimum Gasteiger partial charge on any atom is -0.490 e. The van der Waals surface area contributed by atoms with E-state index in [1.54, 1.807) is 0 Å². The highest BCUT2D eigenvalue weighted by Gasteiger charge is 2.49. The normalized spacial score (nSPS) is 25.1. The molecule has 0 amide bonds. The van der Waals surface area contributed by atoms with Crippen LogP contribution in [0.1, 0.15) is 12.0 Å². The molecule has 0 unspecified atom stereocenters. The molecule has 0 spiro atoms. The molecule has 0 aromatic heterocycles. The van der Waals surface area contributed by atoms with Crippen molar-refractivity contribution in [1.82, 2.24) is 5.32 Å². The first-order chi connectivity index (χ1) is 9.38. The Balaban J connectivity index is 1.69. The summed E-state index contributed by atoms with van der Waals surface area (Å²) in [7, 11) is 0. The average Bonchev–Trinajstić information content (AvgIpc) is 2.55. The van der Waals surface area contributed by atoms with Crippen LogP contribution in [0.5, 0.6) is 11.5 Å². The van der Waals surface area contributed by atoms with E-state index in [9.17, 15) is 0 Å². The summed E-state index contributed by atoms with van der Waals surface area (Å²) in [5, 5.41) is 3.37. The molecular formula is C15H19NO3. The van der Waals surface area contributed by atoms with Gasteiger partial charge in [-0.3, -0.25) is 0 Å². The highest BCUT2D eigenvalue weighted by molar-refractivity contribution is 5.47. The first-order valence-corrected chi connectivity index (χ1v) is 7.07.